The summed E-state index contributed by atoms with van der Waals surface area (Å²) in [5, 5.41) is 0. The number of piperazine rings is 1. The number of likely N-dealkylation sites (N-methyl/N-ethyl adjacent to an activating group) is 1. The van der Waals surface area contributed by atoms with E-state index in [0.717, 1.165) is 46.4 Å². The molecule has 5 nitrogen and oxygen atoms in total. The van der Waals surface area contributed by atoms with Crippen LogP contribution in [-0.2, 0) is 16.0 Å². The number of unbranched alkanes of at least 4 members (excludes halogenated alkanes) is 5. The molecule has 0 unspecified atom stereocenters. The summed E-state index contributed by atoms with van der Waals surface area (Å²) in [6.45, 7) is 7.21. The Balaban J connectivity index is 1.65. The number of hydrogen-bond acceptors (Lipinski definition) is 3. The van der Waals surface area contributed by atoms with Crippen LogP contribution in [0.4, 0.5) is 0 Å². The second kappa shape index (κ2) is 12.0. The van der Waals surface area contributed by atoms with Crippen LogP contribution in [0.15, 0.2) is 36.4 Å². The van der Waals surface area contributed by atoms with Crippen molar-refractivity contribution in [2.24, 2.45) is 0 Å². The lowest BCUT2D eigenvalue weighted by Crippen LogP contribution is -2.59. The maximum Gasteiger partial charge on any atom is 0.246 e. The van der Waals surface area contributed by atoms with Gasteiger partial charge in [0.15, 0.2) is 0 Å². The van der Waals surface area contributed by atoms with Gasteiger partial charge in [0.1, 0.15) is 11.8 Å². The molecule has 0 aliphatic carbocycles. The van der Waals surface area contributed by atoms with Crippen LogP contribution < -0.4 is 4.74 Å². The molecule has 3 rings (SSSR count). The predicted octanol–water partition coefficient (Wildman–Crippen LogP) is 5.55. The number of nitrogens with zero attached hydrogens (tertiary/aromatic N) is 2. The largest absolute Gasteiger partial charge is 0.496 e. The monoisotopic (exact) mass is 464 g/mol. The fourth-order valence-corrected chi connectivity index (χ4v) is 4.89. The second-order valence-electron chi connectivity index (χ2n) is 9.59. The molecule has 1 aliphatic heterocycles. The molecular weight excluding hydrogens is 424 g/mol. The van der Waals surface area contributed by atoms with Crippen LogP contribution in [0.25, 0.3) is 11.1 Å². The van der Waals surface area contributed by atoms with Gasteiger partial charge in [-0.05, 0) is 60.2 Å². The van der Waals surface area contributed by atoms with Crippen molar-refractivity contribution in [1.29, 1.82) is 0 Å². The van der Waals surface area contributed by atoms with Crippen molar-refractivity contribution in [3.05, 3.63) is 53.1 Å². The molecule has 1 atom stereocenters. The zero-order chi connectivity index (χ0) is 24.7. The van der Waals surface area contributed by atoms with Crippen molar-refractivity contribution in [2.75, 3.05) is 27.2 Å². The highest BCUT2D eigenvalue weighted by Crippen LogP contribution is 2.30. The molecule has 1 aliphatic rings. The molecule has 2 aromatic carbocycles. The van der Waals surface area contributed by atoms with E-state index in [-0.39, 0.29) is 18.4 Å². The Morgan fingerprint density at radius 2 is 1.53 bits per heavy atom. The van der Waals surface area contributed by atoms with Crippen LogP contribution in [-0.4, -0.2) is 54.9 Å². The molecule has 0 bridgehead atoms. The number of hydrogen-bond donors (Lipinski definition) is 0. The van der Waals surface area contributed by atoms with Crippen molar-refractivity contribution in [3.63, 3.8) is 0 Å². The highest BCUT2D eigenvalue weighted by molar-refractivity contribution is 5.94. The van der Waals surface area contributed by atoms with E-state index >= 15 is 0 Å². The standard InChI is InChI=1S/C29H40N2O3/c1-6-7-8-9-10-11-16-31-20-27(32)30(4)26(29(31)33)19-23-12-14-24(15-13-23)25-17-21(2)28(34-5)22(3)18-25/h12-15,17-18,26H,6-11,16,19-20H2,1-5H3/t26-/m0/s1. The van der Waals surface area contributed by atoms with Crippen LogP contribution in [0, 0.1) is 13.8 Å². The number of methoxy groups -OCH3 is 1. The van der Waals surface area contributed by atoms with E-state index in [1.807, 2.05) is 0 Å². The van der Waals surface area contributed by atoms with Gasteiger partial charge in [-0.3, -0.25) is 9.59 Å². The highest BCUT2D eigenvalue weighted by Gasteiger charge is 2.36. The number of ether oxygens (including phenoxy) is 1. The summed E-state index contributed by atoms with van der Waals surface area (Å²) in [5.41, 5.74) is 5.56. The van der Waals surface area contributed by atoms with E-state index in [2.05, 4.69) is 57.2 Å². The third kappa shape index (κ3) is 6.19. The molecule has 0 spiro atoms. The molecule has 0 saturated carbocycles. The molecule has 0 aromatic heterocycles. The number of amides is 2. The van der Waals surface area contributed by atoms with Gasteiger partial charge in [0, 0.05) is 20.0 Å². The number of carbonyl (C=O) groups is 2. The minimum Gasteiger partial charge on any atom is -0.496 e. The second-order valence-corrected chi connectivity index (χ2v) is 9.59. The molecular formula is C29H40N2O3. The Bertz CT molecular complexity index is 960. The molecule has 1 heterocycles. The van der Waals surface area contributed by atoms with Gasteiger partial charge in [0.2, 0.25) is 11.8 Å². The van der Waals surface area contributed by atoms with Crippen molar-refractivity contribution >= 4 is 11.8 Å². The molecule has 0 N–H and O–H groups in total. The van der Waals surface area contributed by atoms with Gasteiger partial charge in [-0.2, -0.15) is 0 Å². The van der Waals surface area contributed by atoms with Crippen LogP contribution in [0.1, 0.15) is 62.1 Å². The Kier molecular flexibility index (Phi) is 9.14. The molecule has 0 radical (unpaired) electrons. The van der Waals surface area contributed by atoms with E-state index in [1.165, 1.54) is 25.7 Å². The summed E-state index contributed by atoms with van der Waals surface area (Å²) in [7, 11) is 3.46. The molecule has 2 aromatic rings. The molecule has 1 fully saturated rings. The zero-order valence-corrected chi connectivity index (χ0v) is 21.5. The van der Waals surface area contributed by atoms with Crippen molar-refractivity contribution in [1.82, 2.24) is 9.80 Å². The van der Waals surface area contributed by atoms with Gasteiger partial charge in [0.05, 0.1) is 13.7 Å². The van der Waals surface area contributed by atoms with Crippen molar-refractivity contribution in [2.45, 2.75) is 71.8 Å². The van der Waals surface area contributed by atoms with Crippen LogP contribution in [0.2, 0.25) is 0 Å². The smallest absolute Gasteiger partial charge is 0.246 e. The Morgan fingerprint density at radius 3 is 2.15 bits per heavy atom. The third-order valence-corrected chi connectivity index (χ3v) is 6.95. The summed E-state index contributed by atoms with van der Waals surface area (Å²) in [5.74, 6) is 1.02. The normalized spacial score (nSPS) is 16.3. The summed E-state index contributed by atoms with van der Waals surface area (Å²) in [4.78, 5) is 29.2. The summed E-state index contributed by atoms with van der Waals surface area (Å²) in [6, 6.07) is 12.2. The summed E-state index contributed by atoms with van der Waals surface area (Å²) >= 11 is 0. The number of aryl methyl sites for hydroxylation is 2. The Labute approximate surface area is 205 Å². The van der Waals surface area contributed by atoms with Crippen LogP contribution in [0.5, 0.6) is 5.75 Å². The van der Waals surface area contributed by atoms with E-state index in [9.17, 15) is 9.59 Å². The first-order chi connectivity index (χ1) is 16.3. The van der Waals surface area contributed by atoms with Crippen LogP contribution in [0.3, 0.4) is 0 Å². The van der Waals surface area contributed by atoms with E-state index in [4.69, 9.17) is 4.74 Å². The third-order valence-electron chi connectivity index (χ3n) is 6.95. The number of benzene rings is 2. The molecule has 2 amide bonds. The molecule has 34 heavy (non-hydrogen) atoms. The molecule has 1 saturated heterocycles. The van der Waals surface area contributed by atoms with Gasteiger partial charge >= 0.3 is 0 Å². The highest BCUT2D eigenvalue weighted by atomic mass is 16.5. The van der Waals surface area contributed by atoms with Gasteiger partial charge < -0.3 is 14.5 Å². The zero-order valence-electron chi connectivity index (χ0n) is 21.5. The first-order valence-corrected chi connectivity index (χ1v) is 12.6. The lowest BCUT2D eigenvalue weighted by Gasteiger charge is -2.38. The lowest BCUT2D eigenvalue weighted by molar-refractivity contribution is -0.154. The number of rotatable bonds is 11. The maximum atomic E-state index is 13.2. The predicted molar refractivity (Wildman–Crippen MR) is 138 cm³/mol. The minimum atomic E-state index is -0.433. The fourth-order valence-electron chi connectivity index (χ4n) is 4.89. The average Bonchev–Trinajstić information content (AvgIpc) is 2.82. The Morgan fingerprint density at radius 1 is 0.912 bits per heavy atom. The van der Waals surface area contributed by atoms with E-state index in [1.54, 1.807) is 24.0 Å². The van der Waals surface area contributed by atoms with Gasteiger partial charge in [-0.1, -0.05) is 63.3 Å². The SMILES string of the molecule is CCCCCCCCN1CC(=O)N(C)[C@@H](Cc2ccc(-c3cc(C)c(OC)c(C)c3)cc2)C1=O. The molecule has 5 heteroatoms. The number of carbonyl (C=O) groups excluding carboxylic acids is 2. The Hall–Kier alpha value is -2.82. The lowest BCUT2D eigenvalue weighted by atomic mass is 9.96. The summed E-state index contributed by atoms with van der Waals surface area (Å²) < 4.78 is 5.49. The first kappa shape index (κ1) is 25.8. The average molecular weight is 465 g/mol. The fraction of sp³-hybridized carbons (Fsp3) is 0.517. The topological polar surface area (TPSA) is 49.9 Å². The van der Waals surface area contributed by atoms with E-state index in [0.29, 0.717) is 13.0 Å². The summed E-state index contributed by atoms with van der Waals surface area (Å²) in [6.07, 6.45) is 7.57. The maximum absolute atomic E-state index is 13.2. The van der Waals surface area contributed by atoms with E-state index < -0.39 is 6.04 Å². The van der Waals surface area contributed by atoms with Gasteiger partial charge in [-0.25, -0.2) is 0 Å². The quantitative estimate of drug-likeness (QED) is 0.410. The minimum absolute atomic E-state index is 0.0244. The van der Waals surface area contributed by atoms with Crippen molar-refractivity contribution < 1.29 is 14.3 Å². The van der Waals surface area contributed by atoms with Crippen LogP contribution >= 0.6 is 0 Å². The van der Waals surface area contributed by atoms with Crippen molar-refractivity contribution in [3.8, 4) is 16.9 Å². The molecule has 184 valence electrons. The van der Waals surface area contributed by atoms with Gasteiger partial charge in [-0.15, -0.1) is 0 Å². The first-order valence-electron chi connectivity index (χ1n) is 12.6. The van der Waals surface area contributed by atoms with Gasteiger partial charge in [0.25, 0.3) is 0 Å².